The maximum absolute atomic E-state index is 13.2. The van der Waals surface area contributed by atoms with Crippen LogP contribution in [0, 0.1) is 5.92 Å². The van der Waals surface area contributed by atoms with Gasteiger partial charge in [0.25, 0.3) is 5.91 Å². The SMILES string of the molecule is CC[C@@H]1CC1(NC(=O)[C@@H]1C[C@@H](OC(=O)N2Cc3cccc(Cl)c3C2)CN1C)C(=O)NS(=O)(=O)C1CC1. The lowest BCUT2D eigenvalue weighted by molar-refractivity contribution is -0.131. The monoisotopic (exact) mass is 538 g/mol. The van der Waals surface area contributed by atoms with Crippen molar-refractivity contribution in [2.75, 3.05) is 13.6 Å². The van der Waals surface area contributed by atoms with Crippen molar-refractivity contribution in [1.82, 2.24) is 19.8 Å². The molecule has 1 unspecified atom stereocenters. The second-order valence-electron chi connectivity index (χ2n) is 10.4. The Morgan fingerprint density at radius 2 is 1.97 bits per heavy atom. The minimum Gasteiger partial charge on any atom is -0.445 e. The van der Waals surface area contributed by atoms with E-state index in [0.717, 1.165) is 11.1 Å². The molecule has 0 spiro atoms. The van der Waals surface area contributed by atoms with Gasteiger partial charge in [-0.2, -0.15) is 0 Å². The minimum absolute atomic E-state index is 0.125. The number of nitrogens with zero attached hydrogens (tertiary/aromatic N) is 2. The number of rotatable bonds is 7. The molecule has 10 nitrogen and oxygen atoms in total. The average Bonchev–Trinajstić information content (AvgIpc) is 3.71. The summed E-state index contributed by atoms with van der Waals surface area (Å²) in [7, 11) is -1.95. The fourth-order valence-corrected chi connectivity index (χ4v) is 6.98. The minimum atomic E-state index is -3.71. The largest absolute Gasteiger partial charge is 0.445 e. The van der Waals surface area contributed by atoms with E-state index >= 15 is 0 Å². The van der Waals surface area contributed by atoms with Crippen LogP contribution in [0.1, 0.15) is 50.2 Å². The van der Waals surface area contributed by atoms with Crippen LogP contribution in [0.2, 0.25) is 5.02 Å². The van der Waals surface area contributed by atoms with Crippen molar-refractivity contribution in [3.63, 3.8) is 0 Å². The van der Waals surface area contributed by atoms with E-state index < -0.39 is 45.0 Å². The third kappa shape index (κ3) is 4.68. The molecule has 2 N–H and O–H groups in total. The van der Waals surface area contributed by atoms with E-state index in [1.807, 2.05) is 19.1 Å². The van der Waals surface area contributed by atoms with Gasteiger partial charge in [0.1, 0.15) is 11.6 Å². The Bertz CT molecular complexity index is 1200. The number of hydrogen-bond donors (Lipinski definition) is 2. The molecule has 0 aromatic heterocycles. The van der Waals surface area contributed by atoms with E-state index in [9.17, 15) is 22.8 Å². The fraction of sp³-hybridized carbons (Fsp3) is 0.625. The van der Waals surface area contributed by atoms with E-state index in [4.69, 9.17) is 16.3 Å². The quantitative estimate of drug-likeness (QED) is 0.542. The van der Waals surface area contributed by atoms with Crippen molar-refractivity contribution >= 4 is 39.5 Å². The van der Waals surface area contributed by atoms with Gasteiger partial charge in [-0.25, -0.2) is 13.2 Å². The van der Waals surface area contributed by atoms with Crippen molar-refractivity contribution in [3.8, 4) is 0 Å². The summed E-state index contributed by atoms with van der Waals surface area (Å²) in [6.45, 7) is 3.07. The second-order valence-corrected chi connectivity index (χ2v) is 12.7. The number of ether oxygens (including phenoxy) is 1. The summed E-state index contributed by atoms with van der Waals surface area (Å²) in [4.78, 5) is 42.3. The Labute approximate surface area is 215 Å². The lowest BCUT2D eigenvalue weighted by Gasteiger charge is -2.24. The van der Waals surface area contributed by atoms with Crippen molar-refractivity contribution in [2.24, 2.45) is 5.92 Å². The van der Waals surface area contributed by atoms with E-state index in [2.05, 4.69) is 10.0 Å². The number of halogens is 1. The lowest BCUT2D eigenvalue weighted by Crippen LogP contribution is -2.55. The maximum atomic E-state index is 13.2. The molecule has 1 aromatic carbocycles. The van der Waals surface area contributed by atoms with Crippen LogP contribution in [0.25, 0.3) is 0 Å². The topological polar surface area (TPSA) is 125 Å². The molecule has 0 bridgehead atoms. The summed E-state index contributed by atoms with van der Waals surface area (Å²) in [6, 6.07) is 4.97. The molecule has 4 aliphatic rings. The van der Waals surface area contributed by atoms with Crippen LogP contribution in [-0.2, 0) is 37.4 Å². The van der Waals surface area contributed by atoms with Crippen LogP contribution in [0.3, 0.4) is 0 Å². The summed E-state index contributed by atoms with van der Waals surface area (Å²) in [5.74, 6) is -1.16. The predicted octanol–water partition coefficient (Wildman–Crippen LogP) is 1.76. The number of fused-ring (bicyclic) bond motifs is 1. The Kier molecular flexibility index (Phi) is 6.45. The summed E-state index contributed by atoms with van der Waals surface area (Å²) < 4.78 is 32.5. The number of nitrogens with one attached hydrogen (secondary N) is 2. The number of carbonyl (C=O) groups excluding carboxylic acids is 3. The zero-order chi connectivity index (χ0) is 25.8. The first-order chi connectivity index (χ1) is 17.0. The lowest BCUT2D eigenvalue weighted by atomic mass is 10.1. The highest BCUT2D eigenvalue weighted by Crippen LogP contribution is 2.46. The van der Waals surface area contributed by atoms with Gasteiger partial charge in [-0.15, -0.1) is 0 Å². The van der Waals surface area contributed by atoms with Gasteiger partial charge in [0.2, 0.25) is 15.9 Å². The molecule has 5 rings (SSSR count). The molecule has 2 saturated carbocycles. The first-order valence-electron chi connectivity index (χ1n) is 12.3. The van der Waals surface area contributed by atoms with E-state index in [1.165, 1.54) is 0 Å². The van der Waals surface area contributed by atoms with Crippen LogP contribution >= 0.6 is 11.6 Å². The van der Waals surface area contributed by atoms with E-state index in [-0.39, 0.29) is 18.2 Å². The summed E-state index contributed by atoms with van der Waals surface area (Å²) in [6.07, 6.45) is 1.46. The van der Waals surface area contributed by atoms with E-state index in [0.29, 0.717) is 50.3 Å². The van der Waals surface area contributed by atoms with Crippen LogP contribution < -0.4 is 10.0 Å². The second kappa shape index (κ2) is 9.18. The van der Waals surface area contributed by atoms with E-state index in [1.54, 1.807) is 22.9 Å². The number of benzene rings is 1. The molecule has 2 aliphatic heterocycles. The standard InChI is InChI=1S/C24H31ClN4O6S/c1-3-15-10-24(15,22(31)27-36(33,34)17-7-8-17)26-21(30)20-9-16(12-28(20)2)35-23(32)29-11-14-5-4-6-19(25)18(14)13-29/h4-6,15-17,20H,3,7-13H2,1-2H3,(H,26,30)(H,27,31)/t15-,16-,20+,24?/m1/s1. The first-order valence-corrected chi connectivity index (χ1v) is 14.3. The van der Waals surface area contributed by atoms with Crippen molar-refractivity contribution < 1.29 is 27.5 Å². The van der Waals surface area contributed by atoms with Crippen LogP contribution in [-0.4, -0.2) is 72.7 Å². The highest BCUT2D eigenvalue weighted by molar-refractivity contribution is 7.91. The van der Waals surface area contributed by atoms with Gasteiger partial charge in [-0.3, -0.25) is 24.1 Å². The number of sulfonamides is 1. The Hall–Kier alpha value is -2.37. The molecule has 196 valence electrons. The summed E-state index contributed by atoms with van der Waals surface area (Å²) >= 11 is 6.25. The van der Waals surface area contributed by atoms with Crippen LogP contribution in [0.15, 0.2) is 18.2 Å². The molecule has 1 aromatic rings. The fourth-order valence-electron chi connectivity index (χ4n) is 5.37. The zero-order valence-corrected chi connectivity index (χ0v) is 21.9. The number of hydrogen-bond acceptors (Lipinski definition) is 7. The Balaban J connectivity index is 1.18. The number of carbonyl (C=O) groups is 3. The van der Waals surface area contributed by atoms with Crippen molar-refractivity contribution in [3.05, 3.63) is 34.3 Å². The third-order valence-electron chi connectivity index (χ3n) is 7.81. The number of amides is 3. The first kappa shape index (κ1) is 25.3. The molecule has 0 radical (unpaired) electrons. The molecule has 12 heteroatoms. The van der Waals surface area contributed by atoms with Gasteiger partial charge in [0.15, 0.2) is 0 Å². The van der Waals surface area contributed by atoms with Gasteiger partial charge in [-0.1, -0.05) is 37.1 Å². The number of likely N-dealkylation sites (tertiary alicyclic amines) is 1. The number of likely N-dealkylation sites (N-methyl/N-ethyl adjacent to an activating group) is 1. The average molecular weight is 539 g/mol. The normalized spacial score (nSPS) is 29.5. The van der Waals surface area contributed by atoms with Crippen LogP contribution in [0.5, 0.6) is 0 Å². The van der Waals surface area contributed by atoms with Crippen molar-refractivity contribution in [2.45, 2.75) is 75.1 Å². The molecular weight excluding hydrogens is 508 g/mol. The molecule has 2 heterocycles. The molecule has 3 amide bonds. The molecule has 4 atom stereocenters. The molecule has 2 aliphatic carbocycles. The van der Waals surface area contributed by atoms with Crippen LogP contribution in [0.4, 0.5) is 4.79 Å². The molecule has 36 heavy (non-hydrogen) atoms. The van der Waals surface area contributed by atoms with Gasteiger partial charge in [0, 0.05) is 24.5 Å². The molecule has 3 fully saturated rings. The zero-order valence-electron chi connectivity index (χ0n) is 20.3. The van der Waals surface area contributed by atoms with Gasteiger partial charge in [0.05, 0.1) is 17.8 Å². The summed E-state index contributed by atoms with van der Waals surface area (Å²) in [5.41, 5.74) is 0.686. The molecular formula is C24H31ClN4O6S. The highest BCUT2D eigenvalue weighted by atomic mass is 35.5. The van der Waals surface area contributed by atoms with Crippen molar-refractivity contribution in [1.29, 1.82) is 0 Å². The van der Waals surface area contributed by atoms with Gasteiger partial charge >= 0.3 is 6.09 Å². The molecule has 1 saturated heterocycles. The predicted molar refractivity (Wildman–Crippen MR) is 131 cm³/mol. The third-order valence-corrected chi connectivity index (χ3v) is 9.98. The van der Waals surface area contributed by atoms with Gasteiger partial charge in [-0.05, 0) is 49.4 Å². The van der Waals surface area contributed by atoms with Gasteiger partial charge < -0.3 is 10.1 Å². The summed E-state index contributed by atoms with van der Waals surface area (Å²) in [5, 5.41) is 2.94. The Morgan fingerprint density at radius 1 is 1.22 bits per heavy atom. The maximum Gasteiger partial charge on any atom is 0.410 e. The highest BCUT2D eigenvalue weighted by Gasteiger charge is 2.61. The Morgan fingerprint density at radius 3 is 2.61 bits per heavy atom. The smallest absolute Gasteiger partial charge is 0.410 e.